The minimum atomic E-state index is -0.116. The number of carbonyl (C=O) groups excluding carboxylic acids is 1. The van der Waals surface area contributed by atoms with E-state index in [1.54, 1.807) is 0 Å². The zero-order valence-electron chi connectivity index (χ0n) is 12.4. The van der Waals surface area contributed by atoms with Gasteiger partial charge in [0.15, 0.2) is 0 Å². The molecule has 0 heterocycles. The van der Waals surface area contributed by atoms with Crippen molar-refractivity contribution in [3.05, 3.63) is 35.9 Å². The Morgan fingerprint density at radius 3 is 2.16 bits per heavy atom. The molecule has 1 amide bonds. The van der Waals surface area contributed by atoms with Gasteiger partial charge in [-0.15, -0.1) is 0 Å². The Morgan fingerprint density at radius 2 is 1.63 bits per heavy atom. The normalized spacial score (nSPS) is 17.2. The number of amides is 1. The van der Waals surface area contributed by atoms with Crippen molar-refractivity contribution in [1.82, 2.24) is 4.90 Å². The van der Waals surface area contributed by atoms with Gasteiger partial charge >= 0.3 is 0 Å². The summed E-state index contributed by atoms with van der Waals surface area (Å²) >= 11 is 0. The van der Waals surface area contributed by atoms with Crippen LogP contribution in [0.25, 0.3) is 0 Å². The highest BCUT2D eigenvalue weighted by atomic mass is 16.2. The van der Waals surface area contributed by atoms with Crippen molar-refractivity contribution in [3.8, 4) is 0 Å². The molecule has 1 aliphatic rings. The van der Waals surface area contributed by atoms with Crippen molar-refractivity contribution in [2.24, 2.45) is 0 Å². The van der Waals surface area contributed by atoms with E-state index in [4.69, 9.17) is 0 Å². The van der Waals surface area contributed by atoms with Crippen LogP contribution in [0, 0.1) is 0 Å². The van der Waals surface area contributed by atoms with Crippen LogP contribution in [0.3, 0.4) is 0 Å². The van der Waals surface area contributed by atoms with Crippen LogP contribution in [0.5, 0.6) is 0 Å². The zero-order chi connectivity index (χ0) is 13.9. The quantitative estimate of drug-likeness (QED) is 0.777. The first-order valence-electron chi connectivity index (χ1n) is 7.39. The Kier molecular flexibility index (Phi) is 4.28. The van der Waals surface area contributed by atoms with Crippen LogP contribution in [0.2, 0.25) is 0 Å². The maximum absolute atomic E-state index is 12.8. The van der Waals surface area contributed by atoms with E-state index in [2.05, 4.69) is 25.7 Å². The third-order valence-corrected chi connectivity index (χ3v) is 3.90. The van der Waals surface area contributed by atoms with Gasteiger partial charge in [0.25, 0.3) is 5.91 Å². The molecule has 0 saturated heterocycles. The molecule has 0 unspecified atom stereocenters. The second-order valence-electron chi connectivity index (χ2n) is 6.50. The number of hydrogen-bond acceptors (Lipinski definition) is 1. The summed E-state index contributed by atoms with van der Waals surface area (Å²) in [6.45, 7) is 6.42. The van der Waals surface area contributed by atoms with Crippen molar-refractivity contribution in [2.75, 3.05) is 0 Å². The molecule has 0 radical (unpaired) electrons. The largest absolute Gasteiger partial charge is 0.331 e. The van der Waals surface area contributed by atoms with E-state index >= 15 is 0 Å². The van der Waals surface area contributed by atoms with Gasteiger partial charge in [0.05, 0.1) is 0 Å². The predicted octanol–water partition coefficient (Wildman–Crippen LogP) is 4.26. The SMILES string of the molecule is CC(C)(C)N(C(=O)c1ccccc1)C1CCCCC1. The molecular weight excluding hydrogens is 234 g/mol. The van der Waals surface area contributed by atoms with E-state index in [1.165, 1.54) is 19.3 Å². The molecule has 0 bridgehead atoms. The van der Waals surface area contributed by atoms with Crippen LogP contribution in [-0.2, 0) is 0 Å². The highest BCUT2D eigenvalue weighted by Gasteiger charge is 2.34. The van der Waals surface area contributed by atoms with Crippen molar-refractivity contribution in [2.45, 2.75) is 64.5 Å². The summed E-state index contributed by atoms with van der Waals surface area (Å²) in [5.74, 6) is 0.181. The summed E-state index contributed by atoms with van der Waals surface area (Å²) in [4.78, 5) is 14.9. The van der Waals surface area contributed by atoms with Crippen LogP contribution >= 0.6 is 0 Å². The van der Waals surface area contributed by atoms with Crippen LogP contribution in [0.1, 0.15) is 63.2 Å². The molecule has 1 saturated carbocycles. The molecule has 0 aromatic heterocycles. The second-order valence-corrected chi connectivity index (χ2v) is 6.50. The average Bonchev–Trinajstić information content (AvgIpc) is 2.39. The highest BCUT2D eigenvalue weighted by Crippen LogP contribution is 2.29. The van der Waals surface area contributed by atoms with Gasteiger partial charge in [-0.25, -0.2) is 0 Å². The molecule has 1 aliphatic carbocycles. The van der Waals surface area contributed by atoms with E-state index in [9.17, 15) is 4.79 Å². The van der Waals surface area contributed by atoms with Crippen molar-refractivity contribution >= 4 is 5.91 Å². The molecule has 2 heteroatoms. The van der Waals surface area contributed by atoms with Gasteiger partial charge in [-0.1, -0.05) is 37.5 Å². The van der Waals surface area contributed by atoms with Gasteiger partial charge in [0.1, 0.15) is 0 Å². The lowest BCUT2D eigenvalue weighted by atomic mass is 9.90. The number of hydrogen-bond donors (Lipinski definition) is 0. The standard InChI is InChI=1S/C17H25NO/c1-17(2,3)18(15-12-8-5-9-13-15)16(19)14-10-6-4-7-11-14/h4,6-7,10-11,15H,5,8-9,12-13H2,1-3H3. The van der Waals surface area contributed by atoms with Gasteiger partial charge in [0.2, 0.25) is 0 Å². The molecule has 0 spiro atoms. The molecule has 0 aliphatic heterocycles. The fourth-order valence-electron chi connectivity index (χ4n) is 3.08. The van der Waals surface area contributed by atoms with E-state index in [0.717, 1.165) is 18.4 Å². The number of benzene rings is 1. The summed E-state index contributed by atoms with van der Waals surface area (Å²) < 4.78 is 0. The second kappa shape index (κ2) is 5.77. The zero-order valence-corrected chi connectivity index (χ0v) is 12.4. The Hall–Kier alpha value is -1.31. The molecular formula is C17H25NO. The maximum atomic E-state index is 12.8. The average molecular weight is 259 g/mol. The first-order valence-corrected chi connectivity index (χ1v) is 7.39. The fraction of sp³-hybridized carbons (Fsp3) is 0.588. The summed E-state index contributed by atoms with van der Waals surface area (Å²) in [6.07, 6.45) is 6.11. The maximum Gasteiger partial charge on any atom is 0.254 e. The Balaban J connectivity index is 2.25. The number of nitrogens with zero attached hydrogens (tertiary/aromatic N) is 1. The van der Waals surface area contributed by atoms with Gasteiger partial charge in [0, 0.05) is 17.1 Å². The van der Waals surface area contributed by atoms with Gasteiger partial charge in [-0.05, 0) is 45.7 Å². The van der Waals surface area contributed by atoms with Gasteiger partial charge in [-0.3, -0.25) is 4.79 Å². The van der Waals surface area contributed by atoms with E-state index in [0.29, 0.717) is 6.04 Å². The number of carbonyl (C=O) groups is 1. The molecule has 2 rings (SSSR count). The predicted molar refractivity (Wildman–Crippen MR) is 79.2 cm³/mol. The molecule has 1 aromatic rings. The summed E-state index contributed by atoms with van der Waals surface area (Å²) in [6, 6.07) is 10.1. The fourth-order valence-corrected chi connectivity index (χ4v) is 3.08. The first kappa shape index (κ1) is 14.1. The Morgan fingerprint density at radius 1 is 1.05 bits per heavy atom. The van der Waals surface area contributed by atoms with Crippen LogP contribution in [0.4, 0.5) is 0 Å². The Bertz CT molecular complexity index is 413. The monoisotopic (exact) mass is 259 g/mol. The lowest BCUT2D eigenvalue weighted by Gasteiger charge is -2.43. The minimum absolute atomic E-state index is 0.116. The van der Waals surface area contributed by atoms with Crippen LogP contribution in [0.15, 0.2) is 30.3 Å². The smallest absolute Gasteiger partial charge is 0.254 e. The van der Waals surface area contributed by atoms with Crippen molar-refractivity contribution in [3.63, 3.8) is 0 Å². The molecule has 104 valence electrons. The summed E-state index contributed by atoms with van der Waals surface area (Å²) in [5, 5.41) is 0. The molecule has 1 aromatic carbocycles. The minimum Gasteiger partial charge on any atom is -0.331 e. The van der Waals surface area contributed by atoms with Crippen molar-refractivity contribution in [1.29, 1.82) is 0 Å². The Labute approximate surface area is 116 Å². The molecule has 1 fully saturated rings. The number of rotatable bonds is 2. The third kappa shape index (κ3) is 3.37. The van der Waals surface area contributed by atoms with E-state index < -0.39 is 0 Å². The lowest BCUT2D eigenvalue weighted by molar-refractivity contribution is 0.0367. The van der Waals surface area contributed by atoms with E-state index in [-0.39, 0.29) is 11.4 Å². The van der Waals surface area contributed by atoms with Crippen LogP contribution < -0.4 is 0 Å². The van der Waals surface area contributed by atoms with Gasteiger partial charge in [-0.2, -0.15) is 0 Å². The lowest BCUT2D eigenvalue weighted by Crippen LogP contribution is -2.52. The van der Waals surface area contributed by atoms with E-state index in [1.807, 2.05) is 30.3 Å². The topological polar surface area (TPSA) is 20.3 Å². The summed E-state index contributed by atoms with van der Waals surface area (Å²) in [7, 11) is 0. The van der Waals surface area contributed by atoms with Gasteiger partial charge < -0.3 is 4.90 Å². The molecule has 19 heavy (non-hydrogen) atoms. The summed E-state index contributed by atoms with van der Waals surface area (Å²) in [5.41, 5.74) is 0.692. The van der Waals surface area contributed by atoms with Crippen LogP contribution in [-0.4, -0.2) is 22.4 Å². The molecule has 0 atom stereocenters. The molecule has 2 nitrogen and oxygen atoms in total. The first-order chi connectivity index (χ1) is 9.00. The van der Waals surface area contributed by atoms with Crippen molar-refractivity contribution < 1.29 is 4.79 Å². The highest BCUT2D eigenvalue weighted by molar-refractivity contribution is 5.94. The third-order valence-electron chi connectivity index (χ3n) is 3.90. The molecule has 0 N–H and O–H groups in total.